The van der Waals surface area contributed by atoms with Crippen LogP contribution < -0.4 is 10.6 Å². The number of hydrogen-bond donors (Lipinski definition) is 2. The normalized spacial score (nSPS) is 14.8. The van der Waals surface area contributed by atoms with E-state index in [-0.39, 0.29) is 6.09 Å². The Morgan fingerprint density at radius 1 is 1.24 bits per heavy atom. The van der Waals surface area contributed by atoms with Crippen molar-refractivity contribution in [3.8, 4) is 0 Å². The van der Waals surface area contributed by atoms with Crippen molar-refractivity contribution in [2.75, 3.05) is 31.1 Å². The molecule has 0 saturated carbocycles. The average Bonchev–Trinajstić information content (AvgIpc) is 2.34. The van der Waals surface area contributed by atoms with Crippen LogP contribution in [0.25, 0.3) is 0 Å². The first-order valence-corrected chi connectivity index (χ1v) is 9.17. The SMILES string of the molecule is CCS(=O)CCNCC(CNC(=O)OC(C)(C)C)C(C)C. The Morgan fingerprint density at radius 3 is 2.33 bits per heavy atom. The Bertz CT molecular complexity index is 327. The second-order valence-electron chi connectivity index (χ2n) is 6.52. The maximum Gasteiger partial charge on any atom is 0.407 e. The summed E-state index contributed by atoms with van der Waals surface area (Å²) in [5.74, 6) is 2.16. The van der Waals surface area contributed by atoms with Gasteiger partial charge in [-0.25, -0.2) is 4.79 Å². The van der Waals surface area contributed by atoms with Gasteiger partial charge in [0.2, 0.25) is 0 Å². The number of ether oxygens (including phenoxy) is 1. The van der Waals surface area contributed by atoms with Gasteiger partial charge in [-0.05, 0) is 39.2 Å². The molecule has 0 aromatic heterocycles. The van der Waals surface area contributed by atoms with E-state index in [2.05, 4.69) is 24.5 Å². The number of alkyl carbamates (subject to hydrolysis) is 1. The zero-order valence-electron chi connectivity index (χ0n) is 14.3. The summed E-state index contributed by atoms with van der Waals surface area (Å²) in [4.78, 5) is 11.6. The molecular formula is C15H32N2O3S. The summed E-state index contributed by atoms with van der Waals surface area (Å²) in [6, 6.07) is 0. The lowest BCUT2D eigenvalue weighted by Crippen LogP contribution is -2.40. The van der Waals surface area contributed by atoms with Crippen molar-refractivity contribution in [2.45, 2.75) is 47.1 Å². The predicted molar refractivity (Wildman–Crippen MR) is 89.0 cm³/mol. The van der Waals surface area contributed by atoms with Crippen LogP contribution in [0, 0.1) is 11.8 Å². The van der Waals surface area contributed by atoms with E-state index in [1.165, 1.54) is 0 Å². The largest absolute Gasteiger partial charge is 0.444 e. The third-order valence-corrected chi connectivity index (χ3v) is 4.39. The molecule has 6 heteroatoms. The second kappa shape index (κ2) is 10.2. The van der Waals surface area contributed by atoms with Crippen LogP contribution in [0.4, 0.5) is 4.79 Å². The van der Waals surface area contributed by atoms with Crippen molar-refractivity contribution in [1.29, 1.82) is 0 Å². The highest BCUT2D eigenvalue weighted by Gasteiger charge is 2.18. The number of carbonyl (C=O) groups excluding carboxylic acids is 1. The third kappa shape index (κ3) is 11.7. The van der Waals surface area contributed by atoms with Gasteiger partial charge in [0.25, 0.3) is 0 Å². The molecular weight excluding hydrogens is 288 g/mol. The highest BCUT2D eigenvalue weighted by Crippen LogP contribution is 2.10. The van der Waals surface area contributed by atoms with Gasteiger partial charge < -0.3 is 15.4 Å². The van der Waals surface area contributed by atoms with E-state index in [0.29, 0.717) is 29.9 Å². The van der Waals surface area contributed by atoms with Crippen molar-refractivity contribution >= 4 is 16.9 Å². The predicted octanol–water partition coefficient (Wildman–Crippen LogP) is 2.14. The van der Waals surface area contributed by atoms with Crippen molar-refractivity contribution < 1.29 is 13.7 Å². The number of amides is 1. The van der Waals surface area contributed by atoms with Gasteiger partial charge in [-0.3, -0.25) is 4.21 Å². The van der Waals surface area contributed by atoms with Crippen LogP contribution in [0.5, 0.6) is 0 Å². The lowest BCUT2D eigenvalue weighted by atomic mass is 9.96. The molecule has 0 fully saturated rings. The molecule has 0 aromatic carbocycles. The summed E-state index contributed by atoms with van der Waals surface area (Å²) in [7, 11) is -0.727. The van der Waals surface area contributed by atoms with Gasteiger partial charge in [-0.2, -0.15) is 0 Å². The van der Waals surface area contributed by atoms with Crippen LogP contribution >= 0.6 is 0 Å². The molecule has 21 heavy (non-hydrogen) atoms. The first-order valence-electron chi connectivity index (χ1n) is 7.68. The zero-order chi connectivity index (χ0) is 16.5. The van der Waals surface area contributed by atoms with Crippen molar-refractivity contribution in [3.05, 3.63) is 0 Å². The Hall–Kier alpha value is -0.620. The summed E-state index contributed by atoms with van der Waals surface area (Å²) in [6.07, 6.45) is -0.375. The van der Waals surface area contributed by atoms with Crippen LogP contribution in [0.2, 0.25) is 0 Å². The molecule has 0 aliphatic heterocycles. The summed E-state index contributed by atoms with van der Waals surface area (Å²) in [6.45, 7) is 13.9. The maximum atomic E-state index is 11.6. The molecule has 0 aromatic rings. The third-order valence-electron chi connectivity index (χ3n) is 3.09. The van der Waals surface area contributed by atoms with E-state index in [1.54, 1.807) is 0 Å². The molecule has 1 amide bonds. The van der Waals surface area contributed by atoms with Gasteiger partial charge in [0, 0.05) is 35.4 Å². The quantitative estimate of drug-likeness (QED) is 0.639. The van der Waals surface area contributed by atoms with E-state index < -0.39 is 16.4 Å². The molecule has 126 valence electrons. The lowest BCUT2D eigenvalue weighted by Gasteiger charge is -2.24. The molecule has 2 N–H and O–H groups in total. The molecule has 0 aliphatic rings. The molecule has 0 saturated heterocycles. The molecule has 0 aliphatic carbocycles. The maximum absolute atomic E-state index is 11.6. The summed E-state index contributed by atoms with van der Waals surface area (Å²) in [5, 5.41) is 6.14. The van der Waals surface area contributed by atoms with Crippen LogP contribution in [-0.4, -0.2) is 47.0 Å². The average molecular weight is 320 g/mol. The molecule has 0 bridgehead atoms. The fourth-order valence-corrected chi connectivity index (χ4v) is 2.35. The Kier molecular flexibility index (Phi) is 9.86. The molecule has 0 heterocycles. The molecule has 0 radical (unpaired) electrons. The van der Waals surface area contributed by atoms with Gasteiger partial charge in [-0.1, -0.05) is 20.8 Å². The lowest BCUT2D eigenvalue weighted by molar-refractivity contribution is 0.0515. The van der Waals surface area contributed by atoms with Crippen LogP contribution in [0.15, 0.2) is 0 Å². The van der Waals surface area contributed by atoms with Gasteiger partial charge in [0.1, 0.15) is 5.60 Å². The minimum absolute atomic E-state index is 0.326. The highest BCUT2D eigenvalue weighted by atomic mass is 32.2. The van der Waals surface area contributed by atoms with Gasteiger partial charge >= 0.3 is 6.09 Å². The van der Waals surface area contributed by atoms with E-state index in [4.69, 9.17) is 4.74 Å². The van der Waals surface area contributed by atoms with Crippen molar-refractivity contribution in [1.82, 2.24) is 10.6 Å². The summed E-state index contributed by atoms with van der Waals surface area (Å²) in [5.41, 5.74) is -0.472. The molecule has 2 unspecified atom stereocenters. The Balaban J connectivity index is 4.03. The Labute approximate surface area is 132 Å². The van der Waals surface area contributed by atoms with Crippen molar-refractivity contribution in [2.24, 2.45) is 11.8 Å². The minimum atomic E-state index is -0.727. The molecule has 0 spiro atoms. The fraction of sp³-hybridized carbons (Fsp3) is 0.933. The van der Waals surface area contributed by atoms with Crippen LogP contribution in [0.3, 0.4) is 0 Å². The van der Waals surface area contributed by atoms with E-state index in [9.17, 15) is 9.00 Å². The topological polar surface area (TPSA) is 67.4 Å². The summed E-state index contributed by atoms with van der Waals surface area (Å²) < 4.78 is 16.6. The van der Waals surface area contributed by atoms with E-state index >= 15 is 0 Å². The summed E-state index contributed by atoms with van der Waals surface area (Å²) >= 11 is 0. The van der Waals surface area contributed by atoms with Crippen LogP contribution in [0.1, 0.15) is 41.5 Å². The standard InChI is InChI=1S/C15H32N2O3S/c1-7-21(19)9-8-16-10-13(12(2)3)11-17-14(18)20-15(4,5)6/h12-13,16H,7-11H2,1-6H3,(H,17,18). The van der Waals surface area contributed by atoms with Crippen LogP contribution in [-0.2, 0) is 15.5 Å². The number of hydrogen-bond acceptors (Lipinski definition) is 4. The Morgan fingerprint density at radius 2 is 1.86 bits per heavy atom. The zero-order valence-corrected chi connectivity index (χ0v) is 15.1. The first-order chi connectivity index (χ1) is 9.65. The van der Waals surface area contributed by atoms with Crippen molar-refractivity contribution in [3.63, 3.8) is 0 Å². The monoisotopic (exact) mass is 320 g/mol. The number of carbonyl (C=O) groups is 1. The van der Waals surface area contributed by atoms with Gasteiger partial charge in [0.05, 0.1) is 0 Å². The first kappa shape index (κ1) is 20.4. The van der Waals surface area contributed by atoms with E-state index in [0.717, 1.165) is 13.1 Å². The molecule has 5 nitrogen and oxygen atoms in total. The smallest absolute Gasteiger partial charge is 0.407 e. The number of nitrogens with one attached hydrogen (secondary N) is 2. The fourth-order valence-electron chi connectivity index (χ4n) is 1.69. The van der Waals surface area contributed by atoms with Gasteiger partial charge in [0.15, 0.2) is 0 Å². The number of rotatable bonds is 9. The molecule has 0 rings (SSSR count). The van der Waals surface area contributed by atoms with E-state index in [1.807, 2.05) is 27.7 Å². The highest BCUT2D eigenvalue weighted by molar-refractivity contribution is 7.84. The van der Waals surface area contributed by atoms with Gasteiger partial charge in [-0.15, -0.1) is 0 Å². The molecule has 2 atom stereocenters. The second-order valence-corrected chi connectivity index (χ2v) is 8.39. The minimum Gasteiger partial charge on any atom is -0.444 e.